The first-order valence-corrected chi connectivity index (χ1v) is 4.49. The first-order valence-electron chi connectivity index (χ1n) is 3.67. The zero-order chi connectivity index (χ0) is 9.28. The van der Waals surface area contributed by atoms with E-state index in [2.05, 4.69) is 0 Å². The van der Waals surface area contributed by atoms with Gasteiger partial charge < -0.3 is 47.2 Å². The van der Waals surface area contributed by atoms with E-state index >= 15 is 0 Å². The molecule has 0 rings (SSSR count). The lowest BCUT2D eigenvalue weighted by Crippen LogP contribution is -2.26. The number of rotatable bonds is 2. The van der Waals surface area contributed by atoms with Crippen LogP contribution in [0, 0.1) is 0 Å². The maximum atomic E-state index is 8.93. The molecule has 0 aliphatic heterocycles. The van der Waals surface area contributed by atoms with Gasteiger partial charge in [-0.2, -0.15) is 0 Å². The molecule has 0 aromatic carbocycles. The van der Waals surface area contributed by atoms with Crippen molar-refractivity contribution in [3.05, 3.63) is 0 Å². The lowest BCUT2D eigenvalue weighted by Gasteiger charge is -2.24. The molecule has 0 aromatic rings. The zero-order valence-corrected chi connectivity index (χ0v) is 10.9. The molecule has 6 heteroatoms. The molecule has 0 radical (unpaired) electrons. The molecule has 0 unspecified atom stereocenters. The van der Waals surface area contributed by atoms with Crippen LogP contribution in [0.3, 0.4) is 0 Å². The molecule has 0 atom stereocenters. The highest BCUT2D eigenvalue weighted by Crippen LogP contribution is 1.87. The second-order valence-corrected chi connectivity index (χ2v) is 2.76. The second kappa shape index (κ2) is 17.9. The molecule has 0 bridgehead atoms. The molecule has 84 valence electrons. The van der Waals surface area contributed by atoms with E-state index in [4.69, 9.17) is 30.0 Å². The third-order valence-corrected chi connectivity index (χ3v) is 1.54. The van der Waals surface area contributed by atoms with Crippen molar-refractivity contribution in [2.45, 2.75) is 20.8 Å². The van der Waals surface area contributed by atoms with Crippen molar-refractivity contribution in [2.24, 2.45) is 0 Å². The van der Waals surface area contributed by atoms with Gasteiger partial charge >= 0.3 is 0 Å². The van der Waals surface area contributed by atoms with Crippen LogP contribution in [-0.2, 0) is 12.6 Å². The fourth-order valence-electron chi connectivity index (χ4n) is 0.482. The third-order valence-electron chi connectivity index (χ3n) is 1.02. The molecule has 0 fully saturated rings. The Labute approximate surface area is 92.3 Å². The van der Waals surface area contributed by atoms with Crippen LogP contribution in [-0.4, -0.2) is 28.9 Å². The van der Waals surface area contributed by atoms with Gasteiger partial charge in [-0.25, -0.2) is 0 Å². The average molecular weight is 229 g/mol. The van der Waals surface area contributed by atoms with Crippen molar-refractivity contribution in [2.75, 3.05) is 19.7 Å². The molecular weight excluding hydrogens is 206 g/mol. The third kappa shape index (κ3) is 18.7. The largest absolute Gasteiger partial charge is 0.855 e. The van der Waals surface area contributed by atoms with E-state index in [9.17, 15) is 0 Å². The molecule has 4 nitrogen and oxygen atoms in total. The molecule has 13 heavy (non-hydrogen) atoms. The summed E-state index contributed by atoms with van der Waals surface area (Å²) in [5, 5.41) is 8.93. The van der Waals surface area contributed by atoms with Gasteiger partial charge in [-0.1, -0.05) is 11.2 Å². The van der Waals surface area contributed by atoms with Gasteiger partial charge in [-0.05, 0) is 13.8 Å². The number of nitrogens with zero attached hydrogens (tertiary/aromatic N) is 1. The van der Waals surface area contributed by atoms with Gasteiger partial charge in [0.2, 0.25) is 0 Å². The predicted octanol–water partition coefficient (Wildman–Crippen LogP) is 1.28. The van der Waals surface area contributed by atoms with Crippen LogP contribution in [0.4, 0.5) is 0 Å². The fourth-order valence-corrected chi connectivity index (χ4v) is 0.998. The van der Waals surface area contributed by atoms with Crippen molar-refractivity contribution in [1.82, 2.24) is 17.2 Å². The van der Waals surface area contributed by atoms with E-state index in [1.165, 1.54) is 0 Å². The minimum atomic E-state index is 0. The molecule has 0 amide bonds. The molecule has 0 aliphatic rings. The number of thiocarbonyl (C=S) groups is 1. The quantitative estimate of drug-likeness (QED) is 0.550. The van der Waals surface area contributed by atoms with Gasteiger partial charge in [0.05, 0.1) is 0 Å². The lowest BCUT2D eigenvalue weighted by molar-refractivity contribution is -0.361. The van der Waals surface area contributed by atoms with Gasteiger partial charge in [0, 0.05) is 13.1 Å². The SMILES string of the molecule is CCN(CC)C(=S)[S-].CC[O-].[NH4+].[NH4+]. The summed E-state index contributed by atoms with van der Waals surface area (Å²) >= 11 is 9.51. The average Bonchev–Trinajstić information content (AvgIpc) is 1.91. The van der Waals surface area contributed by atoms with Crippen LogP contribution in [0.5, 0.6) is 0 Å². The highest BCUT2D eigenvalue weighted by molar-refractivity contribution is 8.00. The minimum Gasteiger partial charge on any atom is -0.855 e. The normalized spacial score (nSPS) is 6.77. The van der Waals surface area contributed by atoms with Crippen LogP contribution in [0.15, 0.2) is 0 Å². The van der Waals surface area contributed by atoms with Crippen LogP contribution >= 0.6 is 12.2 Å². The van der Waals surface area contributed by atoms with Gasteiger partial charge in [0.25, 0.3) is 0 Å². The summed E-state index contributed by atoms with van der Waals surface area (Å²) in [6.45, 7) is 7.52. The first-order chi connectivity index (χ1) is 5.13. The van der Waals surface area contributed by atoms with E-state index in [1.54, 1.807) is 6.92 Å². The van der Waals surface area contributed by atoms with E-state index < -0.39 is 0 Å². The predicted molar refractivity (Wildman–Crippen MR) is 65.4 cm³/mol. The summed E-state index contributed by atoms with van der Waals surface area (Å²) in [5.41, 5.74) is 0. The molecule has 0 aromatic heterocycles. The monoisotopic (exact) mass is 229 g/mol. The Morgan fingerprint density at radius 3 is 1.46 bits per heavy atom. The molecule has 0 saturated heterocycles. The molecular formula is C7H23N3OS2. The maximum absolute atomic E-state index is 8.93. The number of hydrogen-bond donors (Lipinski definition) is 2. The summed E-state index contributed by atoms with van der Waals surface area (Å²) in [6, 6.07) is 0. The van der Waals surface area contributed by atoms with Crippen LogP contribution in [0.2, 0.25) is 0 Å². The topological polar surface area (TPSA) is 99.3 Å². The van der Waals surface area contributed by atoms with Crippen molar-refractivity contribution >= 4 is 29.2 Å². The maximum Gasteiger partial charge on any atom is 0.0133 e. The Morgan fingerprint density at radius 1 is 1.23 bits per heavy atom. The summed E-state index contributed by atoms with van der Waals surface area (Å²) in [5.74, 6) is 0. The van der Waals surface area contributed by atoms with Crippen LogP contribution in [0.25, 0.3) is 0 Å². The Kier molecular flexibility index (Phi) is 31.8. The zero-order valence-electron chi connectivity index (χ0n) is 9.29. The van der Waals surface area contributed by atoms with Gasteiger partial charge in [-0.3, -0.25) is 0 Å². The highest BCUT2D eigenvalue weighted by atomic mass is 32.1. The van der Waals surface area contributed by atoms with Crippen molar-refractivity contribution in [3.8, 4) is 0 Å². The summed E-state index contributed by atoms with van der Waals surface area (Å²) in [4.78, 5) is 1.96. The lowest BCUT2D eigenvalue weighted by atomic mass is 10.6. The van der Waals surface area contributed by atoms with Crippen LogP contribution in [0.1, 0.15) is 20.8 Å². The van der Waals surface area contributed by atoms with E-state index in [-0.39, 0.29) is 18.9 Å². The first kappa shape index (κ1) is 23.1. The molecule has 0 heterocycles. The molecule has 8 N–H and O–H groups in total. The van der Waals surface area contributed by atoms with Crippen molar-refractivity contribution in [3.63, 3.8) is 0 Å². The van der Waals surface area contributed by atoms with Crippen molar-refractivity contribution in [1.29, 1.82) is 0 Å². The Bertz CT molecular complexity index is 99.7. The Morgan fingerprint density at radius 2 is 1.46 bits per heavy atom. The molecule has 0 saturated carbocycles. The number of hydrogen-bond acceptors (Lipinski definition) is 3. The molecule has 0 spiro atoms. The fraction of sp³-hybridized carbons (Fsp3) is 0.857. The summed E-state index contributed by atoms with van der Waals surface area (Å²) < 4.78 is 0.579. The summed E-state index contributed by atoms with van der Waals surface area (Å²) in [7, 11) is 0. The second-order valence-electron chi connectivity index (χ2n) is 1.73. The summed E-state index contributed by atoms with van der Waals surface area (Å²) in [6.07, 6.45) is 0. The minimum absolute atomic E-state index is 0. The Hall–Kier alpha value is -0.0100. The van der Waals surface area contributed by atoms with Crippen LogP contribution < -0.4 is 17.4 Å². The highest BCUT2D eigenvalue weighted by Gasteiger charge is 1.88. The standard InChI is InChI=1S/C5H11NS2.C2H5O.2H3N/c1-3-6(4-2)5(7)8;1-2-3;;/h3-4H2,1-2H3,(H,7,8);2H2,1H3;2*1H3/q;-1;;/p+1. The van der Waals surface area contributed by atoms with Gasteiger partial charge in [-0.15, -0.1) is 6.61 Å². The van der Waals surface area contributed by atoms with Gasteiger partial charge in [0.15, 0.2) is 0 Å². The smallest absolute Gasteiger partial charge is 0.0133 e. The molecule has 0 aliphatic carbocycles. The van der Waals surface area contributed by atoms with E-state index in [0.717, 1.165) is 13.1 Å². The van der Waals surface area contributed by atoms with E-state index in [0.29, 0.717) is 4.32 Å². The van der Waals surface area contributed by atoms with Gasteiger partial charge in [0.1, 0.15) is 0 Å². The van der Waals surface area contributed by atoms with Crippen molar-refractivity contribution < 1.29 is 5.11 Å². The Balaban J connectivity index is -0.0000000720. The number of quaternary nitrogens is 2. The van der Waals surface area contributed by atoms with E-state index in [1.807, 2.05) is 18.7 Å².